The van der Waals surface area contributed by atoms with Gasteiger partial charge in [-0.05, 0) is 26.2 Å². The minimum atomic E-state index is -0.338. The van der Waals surface area contributed by atoms with Crippen LogP contribution < -0.4 is 0 Å². The first-order chi connectivity index (χ1) is 8.10. The molecule has 0 radical (unpaired) electrons. The zero-order chi connectivity index (χ0) is 12.4. The lowest BCUT2D eigenvalue weighted by atomic mass is 10.3. The molecule has 2 aromatic rings. The van der Waals surface area contributed by atoms with Gasteiger partial charge in [0.1, 0.15) is 5.65 Å². The van der Waals surface area contributed by atoms with Gasteiger partial charge in [0.05, 0.1) is 18.4 Å². The average Bonchev–Trinajstić information content (AvgIpc) is 2.67. The number of carbonyl (C=O) groups is 1. The van der Waals surface area contributed by atoms with E-state index >= 15 is 0 Å². The minimum Gasteiger partial charge on any atom is -0.465 e. The van der Waals surface area contributed by atoms with E-state index in [-0.39, 0.29) is 5.97 Å². The third-order valence-electron chi connectivity index (χ3n) is 2.40. The first-order valence-electron chi connectivity index (χ1n) is 5.31. The number of carbonyl (C=O) groups excluding carboxylic acids is 1. The number of rotatable bonds is 3. The van der Waals surface area contributed by atoms with Crippen molar-refractivity contribution in [2.24, 2.45) is 0 Å². The number of aromatic nitrogens is 2. The maximum absolute atomic E-state index is 11.4. The first-order valence-corrected chi connectivity index (χ1v) is 5.31. The zero-order valence-corrected chi connectivity index (χ0v) is 10.2. The molecule has 90 valence electrons. The van der Waals surface area contributed by atoms with Gasteiger partial charge in [0.2, 0.25) is 0 Å². The molecule has 17 heavy (non-hydrogen) atoms. The fraction of sp³-hybridized carbons (Fsp3) is 0.333. The molecule has 0 unspecified atom stereocenters. The van der Waals surface area contributed by atoms with E-state index in [0.29, 0.717) is 5.56 Å². The molecule has 0 bridgehead atoms. The van der Waals surface area contributed by atoms with E-state index in [1.165, 1.54) is 7.11 Å². The molecule has 2 aromatic heterocycles. The van der Waals surface area contributed by atoms with Gasteiger partial charge < -0.3 is 14.0 Å². The van der Waals surface area contributed by atoms with Gasteiger partial charge in [-0.2, -0.15) is 0 Å². The van der Waals surface area contributed by atoms with E-state index in [0.717, 1.165) is 17.9 Å². The second-order valence-corrected chi connectivity index (χ2v) is 4.14. The molecule has 0 amide bonds. The standard InChI is InChI=1S/C12H15N3O2/c1-14(2)7-10-8-15-6-9(12(16)17-3)4-5-11(15)13-10/h4-6,8H,7H2,1-3H3. The number of hydrogen-bond acceptors (Lipinski definition) is 4. The van der Waals surface area contributed by atoms with Crippen LogP contribution in [-0.4, -0.2) is 41.5 Å². The number of fused-ring (bicyclic) bond motifs is 1. The Morgan fingerprint density at radius 1 is 1.41 bits per heavy atom. The van der Waals surface area contributed by atoms with Gasteiger partial charge >= 0.3 is 5.97 Å². The predicted molar refractivity (Wildman–Crippen MR) is 63.9 cm³/mol. The molecular formula is C12H15N3O2. The number of pyridine rings is 1. The molecule has 2 heterocycles. The number of nitrogens with zero attached hydrogens (tertiary/aromatic N) is 3. The molecule has 0 aliphatic carbocycles. The van der Waals surface area contributed by atoms with Crippen LogP contribution >= 0.6 is 0 Å². The molecule has 0 aliphatic rings. The van der Waals surface area contributed by atoms with Crippen molar-refractivity contribution in [1.82, 2.24) is 14.3 Å². The van der Waals surface area contributed by atoms with Crippen LogP contribution in [-0.2, 0) is 11.3 Å². The van der Waals surface area contributed by atoms with Crippen LogP contribution in [0.2, 0.25) is 0 Å². The van der Waals surface area contributed by atoms with Crippen LogP contribution in [0.3, 0.4) is 0 Å². The molecule has 5 heteroatoms. The van der Waals surface area contributed by atoms with Gasteiger partial charge in [-0.3, -0.25) is 0 Å². The maximum Gasteiger partial charge on any atom is 0.339 e. The quantitative estimate of drug-likeness (QED) is 0.747. The topological polar surface area (TPSA) is 46.8 Å². The van der Waals surface area contributed by atoms with Crippen molar-refractivity contribution in [3.63, 3.8) is 0 Å². The van der Waals surface area contributed by atoms with Crippen LogP contribution in [0.4, 0.5) is 0 Å². The molecule has 0 saturated carbocycles. The van der Waals surface area contributed by atoms with E-state index in [1.54, 1.807) is 12.3 Å². The highest BCUT2D eigenvalue weighted by atomic mass is 16.5. The number of methoxy groups -OCH3 is 1. The summed E-state index contributed by atoms with van der Waals surface area (Å²) in [5, 5.41) is 0. The summed E-state index contributed by atoms with van der Waals surface area (Å²) in [6, 6.07) is 3.53. The van der Waals surface area contributed by atoms with Crippen molar-refractivity contribution in [2.45, 2.75) is 6.54 Å². The Kier molecular flexibility index (Phi) is 3.10. The number of hydrogen-bond donors (Lipinski definition) is 0. The molecule has 5 nitrogen and oxygen atoms in total. The second kappa shape index (κ2) is 4.55. The Hall–Kier alpha value is -1.88. The molecular weight excluding hydrogens is 218 g/mol. The van der Waals surface area contributed by atoms with E-state index < -0.39 is 0 Å². The smallest absolute Gasteiger partial charge is 0.339 e. The first kappa shape index (κ1) is 11.6. The summed E-state index contributed by atoms with van der Waals surface area (Å²) in [4.78, 5) is 17.9. The van der Waals surface area contributed by atoms with Crippen LogP contribution in [0, 0.1) is 0 Å². The lowest BCUT2D eigenvalue weighted by molar-refractivity contribution is 0.0600. The monoisotopic (exact) mass is 233 g/mol. The molecule has 0 saturated heterocycles. The molecule has 0 atom stereocenters. The van der Waals surface area contributed by atoms with Crippen LogP contribution in [0.1, 0.15) is 16.1 Å². The van der Waals surface area contributed by atoms with Crippen molar-refractivity contribution in [1.29, 1.82) is 0 Å². The summed E-state index contributed by atoms with van der Waals surface area (Å²) in [6.07, 6.45) is 3.65. The molecule has 2 rings (SSSR count). The van der Waals surface area contributed by atoms with Gasteiger partial charge in [-0.1, -0.05) is 0 Å². The van der Waals surface area contributed by atoms with Crippen LogP contribution in [0.15, 0.2) is 24.5 Å². The van der Waals surface area contributed by atoms with E-state index in [1.807, 2.05) is 35.7 Å². The summed E-state index contributed by atoms with van der Waals surface area (Å²) in [5.41, 5.74) is 2.32. The van der Waals surface area contributed by atoms with Crippen molar-refractivity contribution in [3.05, 3.63) is 35.8 Å². The van der Waals surface area contributed by atoms with Gasteiger partial charge in [0.15, 0.2) is 0 Å². The lowest BCUT2D eigenvalue weighted by Crippen LogP contribution is -2.10. The molecule has 0 aromatic carbocycles. The molecule has 0 fully saturated rings. The molecule has 0 N–H and O–H groups in total. The minimum absolute atomic E-state index is 0.338. The number of esters is 1. The fourth-order valence-electron chi connectivity index (χ4n) is 1.68. The molecule has 0 spiro atoms. The van der Waals surface area contributed by atoms with Crippen LogP contribution in [0.5, 0.6) is 0 Å². The Bertz CT molecular complexity index is 546. The summed E-state index contributed by atoms with van der Waals surface area (Å²) < 4.78 is 6.51. The van der Waals surface area contributed by atoms with Crippen LogP contribution in [0.25, 0.3) is 5.65 Å². The maximum atomic E-state index is 11.4. The van der Waals surface area contributed by atoms with Gasteiger partial charge in [0.25, 0.3) is 0 Å². The van der Waals surface area contributed by atoms with Crippen molar-refractivity contribution >= 4 is 11.6 Å². The summed E-state index contributed by atoms with van der Waals surface area (Å²) in [7, 11) is 5.35. The third-order valence-corrected chi connectivity index (χ3v) is 2.40. The van der Waals surface area contributed by atoms with E-state index in [2.05, 4.69) is 9.72 Å². The summed E-state index contributed by atoms with van der Waals surface area (Å²) in [5.74, 6) is -0.338. The summed E-state index contributed by atoms with van der Waals surface area (Å²) in [6.45, 7) is 0.773. The Balaban J connectivity index is 2.37. The highest BCUT2D eigenvalue weighted by Crippen LogP contribution is 2.09. The van der Waals surface area contributed by atoms with Gasteiger partial charge in [-0.25, -0.2) is 9.78 Å². The Labute approximate surface area is 99.6 Å². The SMILES string of the molecule is COC(=O)c1ccc2nc(CN(C)C)cn2c1. The average molecular weight is 233 g/mol. The Morgan fingerprint density at radius 3 is 2.82 bits per heavy atom. The van der Waals surface area contributed by atoms with Crippen molar-refractivity contribution in [3.8, 4) is 0 Å². The Morgan fingerprint density at radius 2 is 2.18 bits per heavy atom. The van der Waals surface area contributed by atoms with E-state index in [4.69, 9.17) is 0 Å². The summed E-state index contributed by atoms with van der Waals surface area (Å²) >= 11 is 0. The lowest BCUT2D eigenvalue weighted by Gasteiger charge is -2.04. The zero-order valence-electron chi connectivity index (χ0n) is 10.2. The fourth-order valence-corrected chi connectivity index (χ4v) is 1.68. The highest BCUT2D eigenvalue weighted by Gasteiger charge is 2.08. The van der Waals surface area contributed by atoms with Gasteiger partial charge in [0, 0.05) is 18.9 Å². The van der Waals surface area contributed by atoms with Crippen molar-refractivity contribution in [2.75, 3.05) is 21.2 Å². The van der Waals surface area contributed by atoms with Gasteiger partial charge in [-0.15, -0.1) is 0 Å². The van der Waals surface area contributed by atoms with E-state index in [9.17, 15) is 4.79 Å². The number of imidazole rings is 1. The largest absolute Gasteiger partial charge is 0.465 e. The number of ether oxygens (including phenoxy) is 1. The highest BCUT2D eigenvalue weighted by molar-refractivity contribution is 5.89. The third kappa shape index (κ3) is 2.45. The second-order valence-electron chi connectivity index (χ2n) is 4.14. The molecule has 0 aliphatic heterocycles. The normalized spacial score (nSPS) is 11.1. The predicted octanol–water partition coefficient (Wildman–Crippen LogP) is 1.18. The van der Waals surface area contributed by atoms with Crippen molar-refractivity contribution < 1.29 is 9.53 Å².